The molecule has 194 valence electrons. The lowest BCUT2D eigenvalue weighted by atomic mass is 9.91. The zero-order valence-electron chi connectivity index (χ0n) is 21.2. The van der Waals surface area contributed by atoms with Crippen LogP contribution in [0, 0.1) is 6.92 Å². The normalized spacial score (nSPS) is 17.6. The standard InChI is InChI=1S/C28H35N7OS/c1-20-10-15-37-25(20)17-34-24-8-6-23(7-9-24)33-16-21-2-4-22(5-3-21)28(36)35(18-26-29-11-12-30-26)19-27-31-13-14-32-27/h2-5,10-15,23-24,33-34H,6-9,16-19H2,1H3,(H,29,30)(H,31,32). The van der Waals surface area contributed by atoms with Gasteiger partial charge in [0.05, 0.1) is 13.1 Å². The number of H-pyrrole nitrogens is 2. The van der Waals surface area contributed by atoms with Crippen molar-refractivity contribution in [3.05, 3.63) is 93.7 Å². The Morgan fingerprint density at radius 1 is 0.919 bits per heavy atom. The zero-order valence-corrected chi connectivity index (χ0v) is 22.1. The van der Waals surface area contributed by atoms with Crippen molar-refractivity contribution in [2.24, 2.45) is 0 Å². The minimum atomic E-state index is -0.0455. The molecule has 1 fully saturated rings. The van der Waals surface area contributed by atoms with E-state index >= 15 is 0 Å². The van der Waals surface area contributed by atoms with Gasteiger partial charge in [-0.3, -0.25) is 4.79 Å². The number of imidazole rings is 2. The van der Waals surface area contributed by atoms with E-state index in [0.717, 1.165) is 24.7 Å². The third-order valence-corrected chi connectivity index (χ3v) is 8.14. The van der Waals surface area contributed by atoms with E-state index in [1.54, 1.807) is 29.7 Å². The second kappa shape index (κ2) is 12.3. The third kappa shape index (κ3) is 6.94. The largest absolute Gasteiger partial charge is 0.347 e. The van der Waals surface area contributed by atoms with Crippen LogP contribution in [0.25, 0.3) is 0 Å². The van der Waals surface area contributed by atoms with Crippen molar-refractivity contribution in [2.75, 3.05) is 0 Å². The van der Waals surface area contributed by atoms with Gasteiger partial charge in [0.1, 0.15) is 11.6 Å². The number of aryl methyl sites for hydroxylation is 1. The predicted octanol–water partition coefficient (Wildman–Crippen LogP) is 4.54. The van der Waals surface area contributed by atoms with Gasteiger partial charge in [0.25, 0.3) is 5.91 Å². The lowest BCUT2D eigenvalue weighted by molar-refractivity contribution is 0.0721. The average molecular weight is 518 g/mol. The molecule has 0 aliphatic heterocycles. The Labute approximate surface area is 221 Å². The number of hydrogen-bond donors (Lipinski definition) is 4. The van der Waals surface area contributed by atoms with Gasteiger partial charge in [-0.1, -0.05) is 12.1 Å². The van der Waals surface area contributed by atoms with Crippen molar-refractivity contribution < 1.29 is 4.79 Å². The Balaban J connectivity index is 1.10. The summed E-state index contributed by atoms with van der Waals surface area (Å²) in [7, 11) is 0. The molecule has 3 aromatic heterocycles. The Morgan fingerprint density at radius 2 is 1.51 bits per heavy atom. The first kappa shape index (κ1) is 25.4. The second-order valence-corrected chi connectivity index (χ2v) is 10.8. The fourth-order valence-corrected chi connectivity index (χ4v) is 5.72. The number of nitrogens with one attached hydrogen (secondary N) is 4. The topological polar surface area (TPSA) is 102 Å². The lowest BCUT2D eigenvalue weighted by Crippen LogP contribution is -2.39. The van der Waals surface area contributed by atoms with E-state index in [4.69, 9.17) is 0 Å². The highest BCUT2D eigenvalue weighted by molar-refractivity contribution is 7.10. The molecule has 0 atom stereocenters. The summed E-state index contributed by atoms with van der Waals surface area (Å²) in [6.07, 6.45) is 11.7. The van der Waals surface area contributed by atoms with Gasteiger partial charge in [-0.2, -0.15) is 0 Å². The molecule has 0 radical (unpaired) electrons. The van der Waals surface area contributed by atoms with Gasteiger partial charge in [-0.15, -0.1) is 11.3 Å². The van der Waals surface area contributed by atoms with Gasteiger partial charge in [-0.05, 0) is 67.3 Å². The van der Waals surface area contributed by atoms with E-state index in [9.17, 15) is 4.79 Å². The highest BCUT2D eigenvalue weighted by Gasteiger charge is 2.21. The Bertz CT molecular complexity index is 1190. The number of hydrogen-bond acceptors (Lipinski definition) is 6. The van der Waals surface area contributed by atoms with Crippen LogP contribution >= 0.6 is 11.3 Å². The second-order valence-electron chi connectivity index (χ2n) is 9.77. The lowest BCUT2D eigenvalue weighted by Gasteiger charge is -2.30. The van der Waals surface area contributed by atoms with Gasteiger partial charge >= 0.3 is 0 Å². The molecule has 0 bridgehead atoms. The molecule has 0 spiro atoms. The highest BCUT2D eigenvalue weighted by atomic mass is 32.1. The van der Waals surface area contributed by atoms with Crippen molar-refractivity contribution in [3.8, 4) is 0 Å². The molecule has 1 aliphatic rings. The van der Waals surface area contributed by atoms with E-state index in [0.29, 0.717) is 30.7 Å². The number of carbonyl (C=O) groups is 1. The van der Waals surface area contributed by atoms with Gasteiger partial charge in [0.15, 0.2) is 0 Å². The number of benzene rings is 1. The van der Waals surface area contributed by atoms with Crippen LogP contribution in [-0.4, -0.2) is 42.8 Å². The number of nitrogens with zero attached hydrogens (tertiary/aromatic N) is 3. The van der Waals surface area contributed by atoms with Crippen molar-refractivity contribution in [1.82, 2.24) is 35.5 Å². The van der Waals surface area contributed by atoms with Crippen LogP contribution < -0.4 is 10.6 Å². The summed E-state index contributed by atoms with van der Waals surface area (Å²) in [5.74, 6) is 1.44. The summed E-state index contributed by atoms with van der Waals surface area (Å²) in [6.45, 7) is 4.77. The minimum Gasteiger partial charge on any atom is -0.347 e. The molecule has 0 unspecified atom stereocenters. The molecule has 1 aromatic carbocycles. The van der Waals surface area contributed by atoms with E-state index in [1.807, 2.05) is 23.5 Å². The molecule has 37 heavy (non-hydrogen) atoms. The molecule has 3 heterocycles. The van der Waals surface area contributed by atoms with E-state index in [-0.39, 0.29) is 5.91 Å². The summed E-state index contributed by atoms with van der Waals surface area (Å²) < 4.78 is 0. The molecule has 1 saturated carbocycles. The van der Waals surface area contributed by atoms with E-state index in [2.05, 4.69) is 61.1 Å². The first-order valence-corrected chi connectivity index (χ1v) is 13.9. The van der Waals surface area contributed by atoms with Crippen molar-refractivity contribution >= 4 is 17.2 Å². The number of thiophene rings is 1. The Hall–Kier alpha value is -3.27. The van der Waals surface area contributed by atoms with Gasteiger partial charge in [0.2, 0.25) is 0 Å². The van der Waals surface area contributed by atoms with Crippen LogP contribution in [0.1, 0.15) is 63.7 Å². The Morgan fingerprint density at radius 3 is 2.03 bits per heavy atom. The highest BCUT2D eigenvalue weighted by Crippen LogP contribution is 2.21. The van der Waals surface area contributed by atoms with Gasteiger partial charge in [0, 0.05) is 60.4 Å². The number of carbonyl (C=O) groups excluding carboxylic acids is 1. The Kier molecular flexibility index (Phi) is 8.45. The maximum Gasteiger partial charge on any atom is 0.254 e. The monoisotopic (exact) mass is 517 g/mol. The van der Waals surface area contributed by atoms with Crippen LogP contribution in [0.3, 0.4) is 0 Å². The summed E-state index contributed by atoms with van der Waals surface area (Å²) in [4.78, 5) is 31.2. The smallest absolute Gasteiger partial charge is 0.254 e. The predicted molar refractivity (Wildman–Crippen MR) is 146 cm³/mol. The number of rotatable bonds is 11. The summed E-state index contributed by atoms with van der Waals surface area (Å²) in [6, 6.07) is 11.3. The van der Waals surface area contributed by atoms with Gasteiger partial charge in [-0.25, -0.2) is 9.97 Å². The number of amides is 1. The fourth-order valence-electron chi connectivity index (χ4n) is 4.86. The van der Waals surface area contributed by atoms with E-state index < -0.39 is 0 Å². The zero-order chi connectivity index (χ0) is 25.5. The molecular weight excluding hydrogens is 482 g/mol. The first-order valence-electron chi connectivity index (χ1n) is 13.0. The van der Waals surface area contributed by atoms with E-state index in [1.165, 1.54) is 41.7 Å². The third-order valence-electron chi connectivity index (χ3n) is 7.12. The fraction of sp³-hybridized carbons (Fsp3) is 0.393. The first-order chi connectivity index (χ1) is 18.1. The van der Waals surface area contributed by atoms with Gasteiger partial charge < -0.3 is 25.5 Å². The molecule has 4 aromatic rings. The van der Waals surface area contributed by atoms with Crippen LogP contribution in [0.15, 0.2) is 60.5 Å². The number of aromatic amines is 2. The summed E-state index contributed by atoms with van der Waals surface area (Å²) in [5.41, 5.74) is 3.24. The molecule has 4 N–H and O–H groups in total. The maximum absolute atomic E-state index is 13.3. The molecule has 1 amide bonds. The maximum atomic E-state index is 13.3. The van der Waals surface area contributed by atoms with Crippen molar-refractivity contribution in [3.63, 3.8) is 0 Å². The molecule has 5 rings (SSSR count). The summed E-state index contributed by atoms with van der Waals surface area (Å²) >= 11 is 1.84. The van der Waals surface area contributed by atoms with Crippen LogP contribution in [0.5, 0.6) is 0 Å². The molecule has 0 saturated heterocycles. The summed E-state index contributed by atoms with van der Waals surface area (Å²) in [5, 5.41) is 9.64. The minimum absolute atomic E-state index is 0.0455. The number of aromatic nitrogens is 4. The molecule has 1 aliphatic carbocycles. The average Bonchev–Trinajstić information content (AvgIpc) is 3.71. The van der Waals surface area contributed by atoms with Crippen LogP contribution in [-0.2, 0) is 26.2 Å². The van der Waals surface area contributed by atoms with Crippen molar-refractivity contribution in [1.29, 1.82) is 0 Å². The van der Waals surface area contributed by atoms with Crippen LogP contribution in [0.2, 0.25) is 0 Å². The van der Waals surface area contributed by atoms with Crippen molar-refractivity contribution in [2.45, 2.75) is 70.9 Å². The quantitative estimate of drug-likeness (QED) is 0.234. The molecular formula is C28H35N7OS. The SMILES string of the molecule is Cc1ccsc1CNC1CCC(NCc2ccc(C(=O)N(Cc3ncc[nH]3)Cc3ncc[nH]3)cc2)CC1. The van der Waals surface area contributed by atoms with Crippen LogP contribution in [0.4, 0.5) is 0 Å². The molecule has 8 nitrogen and oxygen atoms in total. The molecule has 9 heteroatoms.